The van der Waals surface area contributed by atoms with Crippen molar-refractivity contribution in [3.05, 3.63) is 58.6 Å². The number of amides is 1. The van der Waals surface area contributed by atoms with Gasteiger partial charge in [-0.2, -0.15) is 5.26 Å². The molecule has 0 atom stereocenters. The SMILES string of the molecule is N#CCc1ccc(NC(=O)COc2ccccc2Br)cc1. The van der Waals surface area contributed by atoms with Gasteiger partial charge in [-0.15, -0.1) is 0 Å². The van der Waals surface area contributed by atoms with Gasteiger partial charge in [0.1, 0.15) is 5.75 Å². The van der Waals surface area contributed by atoms with E-state index in [0.29, 0.717) is 17.9 Å². The Morgan fingerprint density at radius 1 is 1.19 bits per heavy atom. The molecule has 2 aromatic carbocycles. The predicted molar refractivity (Wildman–Crippen MR) is 84.0 cm³/mol. The minimum absolute atomic E-state index is 0.0669. The van der Waals surface area contributed by atoms with E-state index in [1.165, 1.54) is 0 Å². The van der Waals surface area contributed by atoms with E-state index in [4.69, 9.17) is 10.00 Å². The maximum Gasteiger partial charge on any atom is 0.262 e. The van der Waals surface area contributed by atoms with E-state index in [1.807, 2.05) is 30.3 Å². The molecule has 0 aliphatic rings. The zero-order valence-electron chi connectivity index (χ0n) is 11.2. The highest BCUT2D eigenvalue weighted by Crippen LogP contribution is 2.23. The highest BCUT2D eigenvalue weighted by atomic mass is 79.9. The molecule has 2 aromatic rings. The summed E-state index contributed by atoms with van der Waals surface area (Å²) >= 11 is 3.35. The Kier molecular flexibility index (Phi) is 5.35. The Morgan fingerprint density at radius 2 is 1.90 bits per heavy atom. The predicted octanol–water partition coefficient (Wildman–Crippen LogP) is 3.53. The number of anilines is 1. The number of hydrogen-bond acceptors (Lipinski definition) is 3. The molecule has 106 valence electrons. The normalized spacial score (nSPS) is 9.71. The summed E-state index contributed by atoms with van der Waals surface area (Å²) in [6.45, 7) is -0.0669. The molecule has 1 amide bonds. The highest BCUT2D eigenvalue weighted by Gasteiger charge is 2.05. The molecule has 0 bridgehead atoms. The monoisotopic (exact) mass is 344 g/mol. The van der Waals surface area contributed by atoms with Crippen LogP contribution >= 0.6 is 15.9 Å². The van der Waals surface area contributed by atoms with Crippen molar-refractivity contribution >= 4 is 27.5 Å². The molecule has 0 radical (unpaired) electrons. The molecule has 0 spiro atoms. The number of nitrogens with zero attached hydrogens (tertiary/aromatic N) is 1. The Morgan fingerprint density at radius 3 is 2.57 bits per heavy atom. The molecule has 1 N–H and O–H groups in total. The molecule has 0 heterocycles. The Labute approximate surface area is 131 Å². The summed E-state index contributed by atoms with van der Waals surface area (Å²) in [4.78, 5) is 11.8. The largest absolute Gasteiger partial charge is 0.483 e. The number of ether oxygens (including phenoxy) is 1. The summed E-state index contributed by atoms with van der Waals surface area (Å²) in [5, 5.41) is 11.3. The van der Waals surface area contributed by atoms with Crippen LogP contribution in [0.4, 0.5) is 5.69 Å². The quantitative estimate of drug-likeness (QED) is 0.902. The van der Waals surface area contributed by atoms with E-state index in [1.54, 1.807) is 18.2 Å². The number of rotatable bonds is 5. The van der Waals surface area contributed by atoms with Gasteiger partial charge in [0.2, 0.25) is 0 Å². The number of carbonyl (C=O) groups excluding carboxylic acids is 1. The molecule has 0 saturated heterocycles. The van der Waals surface area contributed by atoms with Crippen LogP contribution in [0, 0.1) is 11.3 Å². The second-order valence-corrected chi connectivity index (χ2v) is 5.15. The van der Waals surface area contributed by atoms with Crippen molar-refractivity contribution in [1.29, 1.82) is 5.26 Å². The van der Waals surface area contributed by atoms with Crippen molar-refractivity contribution in [2.24, 2.45) is 0 Å². The van der Waals surface area contributed by atoms with Crippen LogP contribution in [0.25, 0.3) is 0 Å². The van der Waals surface area contributed by atoms with Crippen LogP contribution in [0.2, 0.25) is 0 Å². The average molecular weight is 345 g/mol. The van der Waals surface area contributed by atoms with Crippen LogP contribution in [-0.2, 0) is 11.2 Å². The summed E-state index contributed by atoms with van der Waals surface area (Å²) in [5.74, 6) is 0.385. The molecule has 0 fully saturated rings. The molecule has 0 aromatic heterocycles. The van der Waals surface area contributed by atoms with E-state index in [9.17, 15) is 4.79 Å². The molecule has 0 aliphatic carbocycles. The number of nitriles is 1. The summed E-state index contributed by atoms with van der Waals surface area (Å²) in [7, 11) is 0. The minimum Gasteiger partial charge on any atom is -0.483 e. The number of para-hydroxylation sites is 1. The van der Waals surface area contributed by atoms with Crippen molar-refractivity contribution in [3.8, 4) is 11.8 Å². The topological polar surface area (TPSA) is 62.1 Å². The Hall–Kier alpha value is -2.32. The number of nitrogens with one attached hydrogen (secondary N) is 1. The third-order valence-electron chi connectivity index (χ3n) is 2.72. The smallest absolute Gasteiger partial charge is 0.262 e. The third kappa shape index (κ3) is 4.62. The van der Waals surface area contributed by atoms with Crippen molar-refractivity contribution in [3.63, 3.8) is 0 Å². The van der Waals surface area contributed by atoms with Gasteiger partial charge < -0.3 is 10.1 Å². The van der Waals surface area contributed by atoms with Crippen molar-refractivity contribution in [1.82, 2.24) is 0 Å². The van der Waals surface area contributed by atoms with Crippen molar-refractivity contribution in [2.45, 2.75) is 6.42 Å². The van der Waals surface area contributed by atoms with Crippen molar-refractivity contribution < 1.29 is 9.53 Å². The molecular weight excluding hydrogens is 332 g/mol. The van der Waals surface area contributed by atoms with Crippen LogP contribution in [0.5, 0.6) is 5.75 Å². The van der Waals surface area contributed by atoms with E-state index < -0.39 is 0 Å². The lowest BCUT2D eigenvalue weighted by atomic mass is 10.1. The first-order valence-electron chi connectivity index (χ1n) is 6.32. The van der Waals surface area contributed by atoms with E-state index >= 15 is 0 Å². The van der Waals surface area contributed by atoms with Gasteiger partial charge in [0.25, 0.3) is 5.91 Å². The van der Waals surface area contributed by atoms with Gasteiger partial charge in [-0.3, -0.25) is 4.79 Å². The van der Waals surface area contributed by atoms with E-state index in [0.717, 1.165) is 10.0 Å². The lowest BCUT2D eigenvalue weighted by Crippen LogP contribution is -2.20. The zero-order chi connectivity index (χ0) is 15.1. The van der Waals surface area contributed by atoms with Gasteiger partial charge in [-0.25, -0.2) is 0 Å². The summed E-state index contributed by atoms with van der Waals surface area (Å²) in [6, 6.07) is 16.6. The van der Waals surface area contributed by atoms with Gasteiger partial charge >= 0.3 is 0 Å². The second kappa shape index (κ2) is 7.46. The molecule has 0 aliphatic heterocycles. The number of carbonyl (C=O) groups is 1. The third-order valence-corrected chi connectivity index (χ3v) is 3.37. The van der Waals surface area contributed by atoms with Gasteiger partial charge in [0.15, 0.2) is 6.61 Å². The molecule has 0 unspecified atom stereocenters. The zero-order valence-corrected chi connectivity index (χ0v) is 12.8. The summed E-state index contributed by atoms with van der Waals surface area (Å²) < 4.78 is 6.24. The highest BCUT2D eigenvalue weighted by molar-refractivity contribution is 9.10. The first-order valence-corrected chi connectivity index (χ1v) is 7.11. The first kappa shape index (κ1) is 15.1. The first-order chi connectivity index (χ1) is 10.2. The maximum absolute atomic E-state index is 11.8. The van der Waals surface area contributed by atoms with Gasteiger partial charge in [-0.05, 0) is 45.8 Å². The molecular formula is C16H13BrN2O2. The van der Waals surface area contributed by atoms with Crippen molar-refractivity contribution in [2.75, 3.05) is 11.9 Å². The van der Waals surface area contributed by atoms with Gasteiger partial charge in [0, 0.05) is 5.69 Å². The van der Waals surface area contributed by atoms with Crippen LogP contribution in [0.1, 0.15) is 5.56 Å². The average Bonchev–Trinajstić information content (AvgIpc) is 2.49. The van der Waals surface area contributed by atoms with E-state index in [-0.39, 0.29) is 12.5 Å². The standard InChI is InChI=1S/C16H13BrN2O2/c17-14-3-1-2-4-15(14)21-11-16(20)19-13-7-5-12(6-8-13)9-10-18/h1-8H,9,11H2,(H,19,20). The van der Waals surface area contributed by atoms with Crippen LogP contribution in [-0.4, -0.2) is 12.5 Å². The summed E-state index contributed by atoms with van der Waals surface area (Å²) in [6.07, 6.45) is 0.360. The van der Waals surface area contributed by atoms with Gasteiger partial charge in [0.05, 0.1) is 17.0 Å². The molecule has 0 saturated carbocycles. The van der Waals surface area contributed by atoms with Crippen LogP contribution < -0.4 is 10.1 Å². The lowest BCUT2D eigenvalue weighted by Gasteiger charge is -2.09. The molecule has 21 heavy (non-hydrogen) atoms. The Bertz CT molecular complexity index is 663. The fraction of sp³-hybridized carbons (Fsp3) is 0.125. The Balaban J connectivity index is 1.87. The van der Waals surface area contributed by atoms with E-state index in [2.05, 4.69) is 27.3 Å². The molecule has 2 rings (SSSR count). The number of halogens is 1. The van der Waals surface area contributed by atoms with Crippen LogP contribution in [0.3, 0.4) is 0 Å². The fourth-order valence-electron chi connectivity index (χ4n) is 1.70. The maximum atomic E-state index is 11.8. The molecule has 4 nitrogen and oxygen atoms in total. The summed E-state index contributed by atoms with van der Waals surface area (Å²) in [5.41, 5.74) is 1.59. The number of hydrogen-bond donors (Lipinski definition) is 1. The fourth-order valence-corrected chi connectivity index (χ4v) is 2.10. The van der Waals surface area contributed by atoms with Crippen LogP contribution in [0.15, 0.2) is 53.0 Å². The second-order valence-electron chi connectivity index (χ2n) is 4.30. The minimum atomic E-state index is -0.237. The lowest BCUT2D eigenvalue weighted by molar-refractivity contribution is -0.118. The molecule has 5 heteroatoms. The number of benzene rings is 2. The van der Waals surface area contributed by atoms with Gasteiger partial charge in [-0.1, -0.05) is 24.3 Å².